The molecule has 164 valence electrons. The number of nitrogens with one attached hydrogen (secondary N) is 2. The Balaban J connectivity index is 1.49. The van der Waals surface area contributed by atoms with E-state index >= 15 is 0 Å². The fraction of sp³-hybridized carbons (Fsp3) is 0.125. The van der Waals surface area contributed by atoms with Crippen LogP contribution in [0.15, 0.2) is 71.8 Å². The summed E-state index contributed by atoms with van der Waals surface area (Å²) in [6.45, 7) is 1.78. The Bertz CT molecular complexity index is 1110. The lowest BCUT2D eigenvalue weighted by Gasteiger charge is -2.08. The van der Waals surface area contributed by atoms with Gasteiger partial charge in [-0.1, -0.05) is 17.7 Å². The van der Waals surface area contributed by atoms with E-state index in [9.17, 15) is 9.59 Å². The van der Waals surface area contributed by atoms with Crippen LogP contribution in [-0.2, 0) is 4.79 Å². The number of anilines is 1. The third-order valence-corrected chi connectivity index (χ3v) is 4.61. The molecular formula is C24H22ClN3O4. The lowest BCUT2D eigenvalue weighted by atomic mass is 10.1. The Labute approximate surface area is 191 Å². The van der Waals surface area contributed by atoms with Crippen LogP contribution in [0, 0.1) is 6.92 Å². The number of carbonyl (C=O) groups is 2. The lowest BCUT2D eigenvalue weighted by Crippen LogP contribution is -2.20. The summed E-state index contributed by atoms with van der Waals surface area (Å²) >= 11 is 5.82. The largest absolute Gasteiger partial charge is 0.496 e. The smallest absolute Gasteiger partial charge is 0.275 e. The van der Waals surface area contributed by atoms with Gasteiger partial charge in [-0.05, 0) is 78.7 Å². The number of nitrogens with zero attached hydrogens (tertiary/aromatic N) is 1. The quantitative estimate of drug-likeness (QED) is 0.391. The second-order valence-electron chi connectivity index (χ2n) is 6.82. The van der Waals surface area contributed by atoms with Crippen LogP contribution in [0.3, 0.4) is 0 Å². The zero-order valence-electron chi connectivity index (χ0n) is 17.6. The van der Waals surface area contributed by atoms with Gasteiger partial charge in [0.25, 0.3) is 11.8 Å². The maximum absolute atomic E-state index is 12.3. The monoisotopic (exact) mass is 451 g/mol. The molecule has 0 aliphatic carbocycles. The van der Waals surface area contributed by atoms with Gasteiger partial charge in [0, 0.05) is 10.7 Å². The Morgan fingerprint density at radius 1 is 1.03 bits per heavy atom. The molecule has 0 saturated carbocycles. The van der Waals surface area contributed by atoms with Gasteiger partial charge in [0.05, 0.1) is 18.9 Å². The highest BCUT2D eigenvalue weighted by atomic mass is 35.5. The molecule has 0 spiro atoms. The van der Waals surface area contributed by atoms with E-state index in [0.717, 1.165) is 11.1 Å². The van der Waals surface area contributed by atoms with Crippen molar-refractivity contribution in [2.75, 3.05) is 19.0 Å². The number of halogens is 1. The molecule has 0 heterocycles. The predicted molar refractivity (Wildman–Crippen MR) is 125 cm³/mol. The zero-order chi connectivity index (χ0) is 22.9. The number of ether oxygens (including phenoxy) is 2. The molecular weight excluding hydrogens is 430 g/mol. The second kappa shape index (κ2) is 11.0. The summed E-state index contributed by atoms with van der Waals surface area (Å²) in [6, 6.07) is 19.0. The summed E-state index contributed by atoms with van der Waals surface area (Å²) < 4.78 is 10.7. The van der Waals surface area contributed by atoms with Gasteiger partial charge in [0.15, 0.2) is 6.61 Å². The average molecular weight is 452 g/mol. The Hall–Kier alpha value is -3.84. The topological polar surface area (TPSA) is 89.0 Å². The van der Waals surface area contributed by atoms with Crippen LogP contribution < -0.4 is 20.2 Å². The van der Waals surface area contributed by atoms with Crippen LogP contribution in [0.1, 0.15) is 21.5 Å². The van der Waals surface area contributed by atoms with Crippen molar-refractivity contribution in [3.05, 3.63) is 88.4 Å². The summed E-state index contributed by atoms with van der Waals surface area (Å²) in [6.07, 6.45) is 1.51. The van der Waals surface area contributed by atoms with E-state index in [1.807, 2.05) is 13.0 Å². The molecule has 32 heavy (non-hydrogen) atoms. The normalized spacial score (nSPS) is 10.6. The highest BCUT2D eigenvalue weighted by Crippen LogP contribution is 2.19. The van der Waals surface area contributed by atoms with Crippen LogP contribution in [0.2, 0.25) is 5.02 Å². The van der Waals surface area contributed by atoms with Crippen LogP contribution in [0.25, 0.3) is 0 Å². The number of methoxy groups -OCH3 is 1. The molecule has 0 atom stereocenters. The molecule has 3 rings (SSSR count). The third kappa shape index (κ3) is 6.58. The summed E-state index contributed by atoms with van der Waals surface area (Å²) in [7, 11) is 1.51. The van der Waals surface area contributed by atoms with Gasteiger partial charge in [0.1, 0.15) is 11.5 Å². The third-order valence-electron chi connectivity index (χ3n) is 4.36. The molecule has 0 unspecified atom stereocenters. The van der Waals surface area contributed by atoms with E-state index in [4.69, 9.17) is 21.1 Å². The molecule has 2 amide bonds. The Morgan fingerprint density at radius 3 is 2.44 bits per heavy atom. The first-order chi connectivity index (χ1) is 15.4. The van der Waals surface area contributed by atoms with Crippen molar-refractivity contribution in [2.45, 2.75) is 6.92 Å². The van der Waals surface area contributed by atoms with E-state index in [1.165, 1.54) is 13.3 Å². The van der Waals surface area contributed by atoms with Crippen molar-refractivity contribution in [2.24, 2.45) is 5.10 Å². The molecule has 0 aliphatic heterocycles. The fourth-order valence-electron chi connectivity index (χ4n) is 2.74. The van der Waals surface area contributed by atoms with E-state index in [0.29, 0.717) is 27.8 Å². The van der Waals surface area contributed by atoms with E-state index in [2.05, 4.69) is 15.8 Å². The SMILES string of the molecule is COc1cc(C)ccc1C(=O)N/N=C\c1ccc(OCC(=O)Nc2ccc(Cl)cc2)cc1. The molecule has 8 heteroatoms. The fourth-order valence-corrected chi connectivity index (χ4v) is 2.87. The molecule has 0 bridgehead atoms. The number of hydrogen-bond acceptors (Lipinski definition) is 5. The van der Waals surface area contributed by atoms with Crippen LogP contribution in [-0.4, -0.2) is 31.7 Å². The lowest BCUT2D eigenvalue weighted by molar-refractivity contribution is -0.118. The van der Waals surface area contributed by atoms with Crippen molar-refractivity contribution >= 4 is 35.3 Å². The van der Waals surface area contributed by atoms with Gasteiger partial charge in [-0.3, -0.25) is 9.59 Å². The van der Waals surface area contributed by atoms with Crippen molar-refractivity contribution in [1.82, 2.24) is 5.43 Å². The number of amides is 2. The Morgan fingerprint density at radius 2 is 1.75 bits per heavy atom. The number of benzene rings is 3. The van der Waals surface area contributed by atoms with Crippen LogP contribution in [0.5, 0.6) is 11.5 Å². The first kappa shape index (κ1) is 22.8. The van der Waals surface area contributed by atoms with Gasteiger partial charge >= 0.3 is 0 Å². The van der Waals surface area contributed by atoms with E-state index in [-0.39, 0.29) is 18.4 Å². The summed E-state index contributed by atoms with van der Waals surface area (Å²) in [5.74, 6) is 0.359. The number of hydrazone groups is 1. The minimum atomic E-state index is -0.371. The van der Waals surface area contributed by atoms with Crippen molar-refractivity contribution in [1.29, 1.82) is 0 Å². The molecule has 0 aromatic heterocycles. The van der Waals surface area contributed by atoms with E-state index in [1.54, 1.807) is 60.7 Å². The van der Waals surface area contributed by atoms with Gasteiger partial charge in [-0.15, -0.1) is 0 Å². The average Bonchev–Trinajstić information content (AvgIpc) is 2.80. The van der Waals surface area contributed by atoms with Crippen molar-refractivity contribution in [3.63, 3.8) is 0 Å². The molecule has 3 aromatic carbocycles. The second-order valence-corrected chi connectivity index (χ2v) is 7.25. The predicted octanol–water partition coefficient (Wildman–Crippen LogP) is 4.44. The summed E-state index contributed by atoms with van der Waals surface area (Å²) in [5.41, 5.74) is 5.26. The van der Waals surface area contributed by atoms with Gasteiger partial charge < -0.3 is 14.8 Å². The van der Waals surface area contributed by atoms with Crippen LogP contribution >= 0.6 is 11.6 Å². The number of rotatable bonds is 8. The van der Waals surface area contributed by atoms with Gasteiger partial charge in [0.2, 0.25) is 0 Å². The minimum absolute atomic E-state index is 0.134. The molecule has 0 fully saturated rings. The molecule has 0 saturated heterocycles. The van der Waals surface area contributed by atoms with Gasteiger partial charge in [-0.2, -0.15) is 5.10 Å². The van der Waals surface area contributed by atoms with Gasteiger partial charge in [-0.25, -0.2) is 5.43 Å². The standard InChI is InChI=1S/C24H22ClN3O4/c1-16-3-12-21(22(13-16)31-2)24(30)28-26-14-17-4-10-20(11-5-17)32-15-23(29)27-19-8-6-18(25)7-9-19/h3-14H,15H2,1-2H3,(H,27,29)(H,28,30)/b26-14-. The molecule has 0 aliphatic rings. The Kier molecular flexibility index (Phi) is 7.83. The molecule has 3 aromatic rings. The number of aryl methyl sites for hydroxylation is 1. The number of carbonyl (C=O) groups excluding carboxylic acids is 2. The van der Waals surface area contributed by atoms with Crippen LogP contribution in [0.4, 0.5) is 5.69 Å². The highest BCUT2D eigenvalue weighted by Gasteiger charge is 2.11. The first-order valence-corrected chi connectivity index (χ1v) is 10.1. The molecule has 7 nitrogen and oxygen atoms in total. The summed E-state index contributed by atoms with van der Waals surface area (Å²) in [5, 5.41) is 7.29. The molecule has 0 radical (unpaired) electrons. The summed E-state index contributed by atoms with van der Waals surface area (Å²) in [4.78, 5) is 24.3. The van der Waals surface area contributed by atoms with Crippen molar-refractivity contribution in [3.8, 4) is 11.5 Å². The maximum Gasteiger partial charge on any atom is 0.275 e. The molecule has 2 N–H and O–H groups in total. The minimum Gasteiger partial charge on any atom is -0.496 e. The van der Waals surface area contributed by atoms with E-state index < -0.39 is 0 Å². The first-order valence-electron chi connectivity index (χ1n) is 9.71. The maximum atomic E-state index is 12.3. The number of hydrogen-bond donors (Lipinski definition) is 2. The van der Waals surface area contributed by atoms with Crippen molar-refractivity contribution < 1.29 is 19.1 Å². The zero-order valence-corrected chi connectivity index (χ0v) is 18.3. The highest BCUT2D eigenvalue weighted by molar-refractivity contribution is 6.30.